The van der Waals surface area contributed by atoms with E-state index < -0.39 is 6.04 Å². The lowest BCUT2D eigenvalue weighted by molar-refractivity contribution is -0.133. The van der Waals surface area contributed by atoms with Gasteiger partial charge in [0.05, 0.1) is 6.04 Å². The summed E-state index contributed by atoms with van der Waals surface area (Å²) in [5, 5.41) is 0. The molecule has 1 atom stereocenters. The number of carbonyl (C=O) groups excluding carboxylic acids is 2. The topological polar surface area (TPSA) is 63.4 Å². The standard InChI is InChI=1S/C21H24N2O2/c22-19(15-16-7-3-1-4-8-16)21(25)23-13-11-18(12-14-23)20(24)17-9-5-2-6-10-17/h1-10,18-19H,11-15,22H2/t19-/m0/s1. The van der Waals surface area contributed by atoms with Gasteiger partial charge in [0, 0.05) is 24.6 Å². The van der Waals surface area contributed by atoms with Crippen molar-refractivity contribution < 1.29 is 9.59 Å². The fraction of sp³-hybridized carbons (Fsp3) is 0.333. The first-order chi connectivity index (χ1) is 12.1. The molecule has 0 spiro atoms. The molecule has 2 N–H and O–H groups in total. The summed E-state index contributed by atoms with van der Waals surface area (Å²) >= 11 is 0. The number of rotatable bonds is 5. The van der Waals surface area contributed by atoms with Crippen molar-refractivity contribution in [3.63, 3.8) is 0 Å². The van der Waals surface area contributed by atoms with Crippen LogP contribution in [0.2, 0.25) is 0 Å². The molecule has 0 radical (unpaired) electrons. The third-order valence-corrected chi connectivity index (χ3v) is 4.85. The smallest absolute Gasteiger partial charge is 0.239 e. The maximum absolute atomic E-state index is 12.6. The van der Waals surface area contributed by atoms with Gasteiger partial charge in [0.15, 0.2) is 5.78 Å². The highest BCUT2D eigenvalue weighted by atomic mass is 16.2. The highest BCUT2D eigenvalue weighted by Crippen LogP contribution is 2.22. The second-order valence-corrected chi connectivity index (χ2v) is 6.63. The molecule has 1 heterocycles. The summed E-state index contributed by atoms with van der Waals surface area (Å²) in [6.07, 6.45) is 1.96. The molecule has 1 aliphatic rings. The average Bonchev–Trinajstić information content (AvgIpc) is 2.68. The Morgan fingerprint density at radius 3 is 2.12 bits per heavy atom. The molecular formula is C21H24N2O2. The van der Waals surface area contributed by atoms with E-state index in [4.69, 9.17) is 5.73 Å². The van der Waals surface area contributed by atoms with Gasteiger partial charge in [-0.15, -0.1) is 0 Å². The predicted octanol–water partition coefficient (Wildman–Crippen LogP) is 2.68. The summed E-state index contributed by atoms with van der Waals surface area (Å²) in [5.41, 5.74) is 7.93. The first-order valence-electron chi connectivity index (χ1n) is 8.82. The van der Waals surface area contributed by atoms with Crippen LogP contribution in [0.25, 0.3) is 0 Å². The fourth-order valence-electron chi connectivity index (χ4n) is 3.39. The Morgan fingerprint density at radius 1 is 0.960 bits per heavy atom. The minimum absolute atomic E-state index is 0.00296. The summed E-state index contributed by atoms with van der Waals surface area (Å²) < 4.78 is 0. The number of ketones is 1. The number of carbonyl (C=O) groups is 2. The van der Waals surface area contributed by atoms with Crippen LogP contribution in [0.1, 0.15) is 28.8 Å². The number of Topliss-reactive ketones (excluding diaryl/α,β-unsaturated/α-hetero) is 1. The molecule has 3 rings (SSSR count). The van der Waals surface area contributed by atoms with Gasteiger partial charge in [-0.3, -0.25) is 9.59 Å². The van der Waals surface area contributed by atoms with E-state index in [2.05, 4.69) is 0 Å². The number of likely N-dealkylation sites (tertiary alicyclic amines) is 1. The lowest BCUT2D eigenvalue weighted by Gasteiger charge is -2.33. The van der Waals surface area contributed by atoms with Gasteiger partial charge in [-0.1, -0.05) is 60.7 Å². The molecule has 4 heteroatoms. The molecule has 0 bridgehead atoms. The maximum atomic E-state index is 12.6. The number of nitrogens with two attached hydrogens (primary N) is 1. The van der Waals surface area contributed by atoms with Crippen LogP contribution in [0.4, 0.5) is 0 Å². The van der Waals surface area contributed by atoms with Gasteiger partial charge in [-0.2, -0.15) is 0 Å². The number of piperidine rings is 1. The number of hydrogen-bond donors (Lipinski definition) is 1. The van der Waals surface area contributed by atoms with Crippen molar-refractivity contribution in [2.24, 2.45) is 11.7 Å². The van der Waals surface area contributed by atoms with Gasteiger partial charge in [0.2, 0.25) is 5.91 Å². The molecule has 2 aromatic carbocycles. The lowest BCUT2D eigenvalue weighted by Crippen LogP contribution is -2.48. The Bertz CT molecular complexity index is 707. The predicted molar refractivity (Wildman–Crippen MR) is 98.2 cm³/mol. The van der Waals surface area contributed by atoms with Gasteiger partial charge in [-0.05, 0) is 24.8 Å². The van der Waals surface area contributed by atoms with Crippen molar-refractivity contribution in [3.05, 3.63) is 71.8 Å². The van der Waals surface area contributed by atoms with E-state index in [9.17, 15) is 9.59 Å². The van der Waals surface area contributed by atoms with Crippen molar-refractivity contribution >= 4 is 11.7 Å². The Balaban J connectivity index is 1.53. The van der Waals surface area contributed by atoms with E-state index >= 15 is 0 Å². The number of hydrogen-bond acceptors (Lipinski definition) is 3. The molecule has 130 valence electrons. The van der Waals surface area contributed by atoms with E-state index in [-0.39, 0.29) is 17.6 Å². The van der Waals surface area contributed by atoms with Crippen LogP contribution in [0.15, 0.2) is 60.7 Å². The average molecular weight is 336 g/mol. The van der Waals surface area contributed by atoms with E-state index in [1.165, 1.54) is 0 Å². The first kappa shape index (κ1) is 17.4. The molecule has 0 saturated carbocycles. The Kier molecular flexibility index (Phi) is 5.61. The van der Waals surface area contributed by atoms with Crippen LogP contribution >= 0.6 is 0 Å². The molecule has 1 saturated heterocycles. The fourth-order valence-corrected chi connectivity index (χ4v) is 3.39. The van der Waals surface area contributed by atoms with Crippen LogP contribution in [0.5, 0.6) is 0 Å². The van der Waals surface area contributed by atoms with Gasteiger partial charge in [-0.25, -0.2) is 0 Å². The van der Waals surface area contributed by atoms with Crippen molar-refractivity contribution in [2.45, 2.75) is 25.3 Å². The van der Waals surface area contributed by atoms with Crippen LogP contribution in [0, 0.1) is 5.92 Å². The molecular weight excluding hydrogens is 312 g/mol. The van der Waals surface area contributed by atoms with Crippen molar-refractivity contribution in [2.75, 3.05) is 13.1 Å². The molecule has 1 aliphatic heterocycles. The summed E-state index contributed by atoms with van der Waals surface area (Å²) in [5.74, 6) is 0.160. The van der Waals surface area contributed by atoms with Gasteiger partial charge >= 0.3 is 0 Å². The Hall–Kier alpha value is -2.46. The van der Waals surface area contributed by atoms with Crippen molar-refractivity contribution in [1.29, 1.82) is 0 Å². The monoisotopic (exact) mass is 336 g/mol. The summed E-state index contributed by atoms with van der Waals surface area (Å²) in [6, 6.07) is 18.7. The van der Waals surface area contributed by atoms with Crippen molar-refractivity contribution in [3.8, 4) is 0 Å². The Morgan fingerprint density at radius 2 is 1.52 bits per heavy atom. The van der Waals surface area contributed by atoms with E-state index in [0.29, 0.717) is 32.4 Å². The first-order valence-corrected chi connectivity index (χ1v) is 8.82. The molecule has 2 aromatic rings. The zero-order valence-electron chi connectivity index (χ0n) is 14.3. The molecule has 1 fully saturated rings. The van der Waals surface area contributed by atoms with Crippen molar-refractivity contribution in [1.82, 2.24) is 4.90 Å². The lowest BCUT2D eigenvalue weighted by atomic mass is 9.88. The highest BCUT2D eigenvalue weighted by molar-refractivity contribution is 5.98. The quantitative estimate of drug-likeness (QED) is 0.854. The number of benzene rings is 2. The van der Waals surface area contributed by atoms with Crippen LogP contribution in [-0.4, -0.2) is 35.7 Å². The van der Waals surface area contributed by atoms with Gasteiger partial charge in [0.25, 0.3) is 0 Å². The van der Waals surface area contributed by atoms with E-state index in [1.807, 2.05) is 65.6 Å². The zero-order valence-corrected chi connectivity index (χ0v) is 14.3. The van der Waals surface area contributed by atoms with Crippen LogP contribution in [-0.2, 0) is 11.2 Å². The van der Waals surface area contributed by atoms with Gasteiger partial charge in [0.1, 0.15) is 0 Å². The largest absolute Gasteiger partial charge is 0.341 e. The molecule has 4 nitrogen and oxygen atoms in total. The number of amides is 1. The van der Waals surface area contributed by atoms with E-state index in [1.54, 1.807) is 0 Å². The van der Waals surface area contributed by atoms with Gasteiger partial charge < -0.3 is 10.6 Å². The third kappa shape index (κ3) is 4.34. The second kappa shape index (κ2) is 8.08. The molecule has 25 heavy (non-hydrogen) atoms. The molecule has 1 amide bonds. The SMILES string of the molecule is N[C@@H](Cc1ccccc1)C(=O)N1CCC(C(=O)c2ccccc2)CC1. The normalized spacial score (nSPS) is 16.4. The molecule has 0 aliphatic carbocycles. The molecule has 0 unspecified atom stereocenters. The highest BCUT2D eigenvalue weighted by Gasteiger charge is 2.29. The van der Waals surface area contributed by atoms with E-state index in [0.717, 1.165) is 11.1 Å². The summed E-state index contributed by atoms with van der Waals surface area (Å²) in [7, 11) is 0. The maximum Gasteiger partial charge on any atom is 0.239 e. The summed E-state index contributed by atoms with van der Waals surface area (Å²) in [4.78, 5) is 26.9. The third-order valence-electron chi connectivity index (χ3n) is 4.85. The number of nitrogens with zero attached hydrogens (tertiary/aromatic N) is 1. The van der Waals surface area contributed by atoms with Crippen LogP contribution in [0.3, 0.4) is 0 Å². The second-order valence-electron chi connectivity index (χ2n) is 6.63. The minimum Gasteiger partial charge on any atom is -0.341 e. The zero-order chi connectivity index (χ0) is 17.6. The van der Waals surface area contributed by atoms with Crippen LogP contribution < -0.4 is 5.73 Å². The Labute approximate surface area is 148 Å². The minimum atomic E-state index is -0.524. The molecule has 0 aromatic heterocycles. The summed E-state index contributed by atoms with van der Waals surface area (Å²) in [6.45, 7) is 1.20.